The lowest BCUT2D eigenvalue weighted by atomic mass is 9.98. The lowest BCUT2D eigenvalue weighted by Gasteiger charge is -2.30. The largest absolute Gasteiger partial charge is 0.321 e. The van der Waals surface area contributed by atoms with E-state index in [0.29, 0.717) is 11.3 Å². The Morgan fingerprint density at radius 3 is 2.65 bits per heavy atom. The molecule has 116 valence electrons. The van der Waals surface area contributed by atoms with Gasteiger partial charge in [0.2, 0.25) is 0 Å². The number of carbonyl (C=O) groups excluding carboxylic acids is 1. The molecule has 1 heterocycles. The first-order chi connectivity index (χ1) is 11.2. The van der Waals surface area contributed by atoms with Crippen molar-refractivity contribution in [3.05, 3.63) is 65.2 Å². The van der Waals surface area contributed by atoms with Crippen LogP contribution in [-0.2, 0) is 17.8 Å². The van der Waals surface area contributed by atoms with Crippen molar-refractivity contribution < 1.29 is 9.69 Å². The summed E-state index contributed by atoms with van der Waals surface area (Å²) >= 11 is 0. The van der Waals surface area contributed by atoms with Crippen molar-refractivity contribution in [1.29, 1.82) is 5.26 Å². The van der Waals surface area contributed by atoms with Crippen LogP contribution in [0.4, 0.5) is 5.69 Å². The molecule has 4 heteroatoms. The van der Waals surface area contributed by atoms with Crippen molar-refractivity contribution in [1.82, 2.24) is 0 Å². The Morgan fingerprint density at radius 2 is 1.87 bits per heavy atom. The number of nitriles is 1. The second kappa shape index (κ2) is 6.64. The van der Waals surface area contributed by atoms with E-state index in [1.54, 1.807) is 18.2 Å². The molecule has 4 nitrogen and oxygen atoms in total. The number of amides is 1. The van der Waals surface area contributed by atoms with Gasteiger partial charge < -0.3 is 10.2 Å². The van der Waals surface area contributed by atoms with Crippen LogP contribution in [0.2, 0.25) is 0 Å². The van der Waals surface area contributed by atoms with Gasteiger partial charge in [0.15, 0.2) is 6.04 Å². The normalized spacial score (nSPS) is 17.7. The second-order valence-electron chi connectivity index (χ2n) is 5.97. The van der Waals surface area contributed by atoms with Crippen LogP contribution in [0.1, 0.15) is 23.6 Å². The van der Waals surface area contributed by atoms with Gasteiger partial charge in [-0.05, 0) is 24.6 Å². The van der Waals surface area contributed by atoms with E-state index < -0.39 is 0 Å². The average Bonchev–Trinajstić information content (AvgIpc) is 2.61. The maximum absolute atomic E-state index is 12.6. The predicted molar refractivity (Wildman–Crippen MR) is 88.9 cm³/mol. The second-order valence-corrected chi connectivity index (χ2v) is 5.97. The van der Waals surface area contributed by atoms with Gasteiger partial charge in [-0.25, -0.2) is 0 Å². The van der Waals surface area contributed by atoms with E-state index in [4.69, 9.17) is 5.26 Å². The fraction of sp³-hybridized carbons (Fsp3) is 0.263. The summed E-state index contributed by atoms with van der Waals surface area (Å²) in [5.41, 5.74) is 3.79. The lowest BCUT2D eigenvalue weighted by molar-refractivity contribution is -0.929. The molecule has 0 aromatic heterocycles. The molecule has 0 radical (unpaired) electrons. The highest BCUT2D eigenvalue weighted by Crippen LogP contribution is 2.14. The van der Waals surface area contributed by atoms with Crippen molar-refractivity contribution in [3.63, 3.8) is 0 Å². The number of fused-ring (bicyclic) bond motifs is 1. The summed E-state index contributed by atoms with van der Waals surface area (Å²) in [4.78, 5) is 13.8. The number of rotatable bonds is 3. The Morgan fingerprint density at radius 1 is 1.17 bits per heavy atom. The molecule has 1 aliphatic rings. The fourth-order valence-electron chi connectivity index (χ4n) is 3.09. The summed E-state index contributed by atoms with van der Waals surface area (Å²) in [6, 6.07) is 17.5. The Hall–Kier alpha value is -2.64. The molecule has 2 N–H and O–H groups in total. The maximum Gasteiger partial charge on any atom is 0.282 e. The maximum atomic E-state index is 12.6. The van der Waals surface area contributed by atoms with E-state index in [0.717, 1.165) is 19.5 Å². The van der Waals surface area contributed by atoms with E-state index in [9.17, 15) is 4.79 Å². The van der Waals surface area contributed by atoms with Gasteiger partial charge in [-0.2, -0.15) is 5.26 Å². The zero-order valence-electron chi connectivity index (χ0n) is 13.2. The van der Waals surface area contributed by atoms with Gasteiger partial charge in [0.05, 0.1) is 17.8 Å². The highest BCUT2D eigenvalue weighted by Gasteiger charge is 2.29. The number of carbonyl (C=O) groups is 1. The molecule has 3 rings (SSSR count). The molecule has 0 bridgehead atoms. The van der Waals surface area contributed by atoms with Crippen LogP contribution in [0.15, 0.2) is 48.5 Å². The SMILES string of the molecule is C[C@H](C(=O)Nc1ccccc1C#N)[NH+]1CCc2ccccc2C1. The number of nitrogens with one attached hydrogen (secondary N) is 2. The first kappa shape index (κ1) is 15.3. The molecule has 0 saturated heterocycles. The number of hydrogen-bond acceptors (Lipinski definition) is 2. The minimum absolute atomic E-state index is 0.0397. The zero-order chi connectivity index (χ0) is 16.2. The van der Waals surface area contributed by atoms with E-state index in [1.807, 2.05) is 13.0 Å². The Kier molecular flexibility index (Phi) is 4.40. The lowest BCUT2D eigenvalue weighted by Crippen LogP contribution is -3.16. The number of quaternary nitrogens is 1. The molecule has 0 spiro atoms. The number of para-hydroxylation sites is 1. The van der Waals surface area contributed by atoms with Gasteiger partial charge in [-0.15, -0.1) is 0 Å². The molecule has 23 heavy (non-hydrogen) atoms. The standard InChI is InChI=1S/C19H19N3O/c1-14(19(23)21-18-9-5-4-7-16(18)12-20)22-11-10-15-6-2-3-8-17(15)13-22/h2-9,14H,10-11,13H2,1H3,(H,21,23)/p+1/t14-/m1/s1. The summed E-state index contributed by atoms with van der Waals surface area (Å²) in [7, 11) is 0. The fourth-order valence-corrected chi connectivity index (χ4v) is 3.09. The van der Waals surface area contributed by atoms with E-state index in [-0.39, 0.29) is 11.9 Å². The number of nitrogens with zero attached hydrogens (tertiary/aromatic N) is 1. The monoisotopic (exact) mass is 306 g/mol. The number of benzene rings is 2. The smallest absolute Gasteiger partial charge is 0.282 e. The van der Waals surface area contributed by atoms with Crippen LogP contribution >= 0.6 is 0 Å². The van der Waals surface area contributed by atoms with E-state index in [1.165, 1.54) is 16.0 Å². The first-order valence-electron chi connectivity index (χ1n) is 7.90. The Bertz CT molecular complexity index is 763. The molecule has 1 aliphatic heterocycles. The van der Waals surface area contributed by atoms with E-state index >= 15 is 0 Å². The van der Waals surface area contributed by atoms with Gasteiger partial charge in [0.1, 0.15) is 12.6 Å². The highest BCUT2D eigenvalue weighted by atomic mass is 16.2. The van der Waals surface area contributed by atoms with Gasteiger partial charge >= 0.3 is 0 Å². The van der Waals surface area contributed by atoms with Crippen molar-refractivity contribution in [2.24, 2.45) is 0 Å². The van der Waals surface area contributed by atoms with Crippen LogP contribution in [0.3, 0.4) is 0 Å². The van der Waals surface area contributed by atoms with Crippen LogP contribution in [0.5, 0.6) is 0 Å². The molecule has 1 unspecified atom stereocenters. The molecule has 2 aromatic carbocycles. The molecule has 2 atom stereocenters. The highest BCUT2D eigenvalue weighted by molar-refractivity contribution is 5.94. The van der Waals surface area contributed by atoms with Crippen LogP contribution in [-0.4, -0.2) is 18.5 Å². The van der Waals surface area contributed by atoms with Gasteiger partial charge in [-0.3, -0.25) is 4.79 Å². The van der Waals surface area contributed by atoms with Crippen molar-refractivity contribution >= 4 is 11.6 Å². The van der Waals surface area contributed by atoms with Crippen molar-refractivity contribution in [3.8, 4) is 6.07 Å². The summed E-state index contributed by atoms with van der Waals surface area (Å²) in [6.07, 6.45) is 0.998. The van der Waals surface area contributed by atoms with Gasteiger partial charge in [0.25, 0.3) is 5.91 Å². The van der Waals surface area contributed by atoms with Crippen LogP contribution < -0.4 is 10.2 Å². The molecule has 1 amide bonds. The average molecular weight is 306 g/mol. The van der Waals surface area contributed by atoms with E-state index in [2.05, 4.69) is 35.7 Å². The topological polar surface area (TPSA) is 57.3 Å². The molecule has 0 aliphatic carbocycles. The Labute approximate surface area is 136 Å². The minimum atomic E-state index is -0.157. The first-order valence-corrected chi connectivity index (χ1v) is 7.90. The molecule has 0 fully saturated rings. The van der Waals surface area contributed by atoms with Crippen molar-refractivity contribution in [2.45, 2.75) is 25.9 Å². The van der Waals surface area contributed by atoms with Crippen LogP contribution in [0, 0.1) is 11.3 Å². The summed E-state index contributed by atoms with van der Waals surface area (Å²) in [5.74, 6) is -0.0397. The number of anilines is 1. The third-order valence-corrected chi connectivity index (χ3v) is 4.56. The minimum Gasteiger partial charge on any atom is -0.321 e. The predicted octanol–water partition coefficient (Wildman–Crippen LogP) is 1.53. The number of hydrogen-bond donors (Lipinski definition) is 2. The van der Waals surface area contributed by atoms with Crippen LogP contribution in [0.25, 0.3) is 0 Å². The van der Waals surface area contributed by atoms with Crippen molar-refractivity contribution in [2.75, 3.05) is 11.9 Å². The van der Waals surface area contributed by atoms with Gasteiger partial charge in [0, 0.05) is 12.0 Å². The molecular formula is C19H20N3O+. The van der Waals surface area contributed by atoms with Gasteiger partial charge in [-0.1, -0.05) is 36.4 Å². The molecule has 0 saturated carbocycles. The molecule has 2 aromatic rings. The third kappa shape index (κ3) is 3.25. The zero-order valence-corrected chi connectivity index (χ0v) is 13.2. The summed E-state index contributed by atoms with van der Waals surface area (Å²) < 4.78 is 0. The summed E-state index contributed by atoms with van der Waals surface area (Å²) in [6.45, 7) is 3.77. The molecular weight excluding hydrogens is 286 g/mol. The Balaban J connectivity index is 1.70. The third-order valence-electron chi connectivity index (χ3n) is 4.56. The summed E-state index contributed by atoms with van der Waals surface area (Å²) in [5, 5.41) is 12.0. The quantitative estimate of drug-likeness (QED) is 0.903.